The number of carbonyl (C=O) groups is 1. The monoisotopic (exact) mass is 256 g/mol. The zero-order chi connectivity index (χ0) is 10.6. The van der Waals surface area contributed by atoms with Crippen molar-refractivity contribution >= 4 is 21.9 Å². The van der Waals surface area contributed by atoms with Crippen molar-refractivity contribution in [2.45, 2.75) is 6.10 Å². The molecule has 0 fully saturated rings. The van der Waals surface area contributed by atoms with E-state index in [4.69, 9.17) is 9.84 Å². The summed E-state index contributed by atoms with van der Waals surface area (Å²) in [6, 6.07) is 6.92. The third-order valence-corrected chi connectivity index (χ3v) is 2.06. The minimum Gasteiger partial charge on any atom is -0.478 e. The van der Waals surface area contributed by atoms with E-state index < -0.39 is 12.1 Å². The van der Waals surface area contributed by atoms with Crippen LogP contribution < -0.4 is 4.74 Å². The first-order valence-electron chi connectivity index (χ1n) is 3.91. The Hall–Kier alpha value is -1.29. The van der Waals surface area contributed by atoms with E-state index in [9.17, 15) is 4.79 Å². The largest absolute Gasteiger partial charge is 0.478 e. The second kappa shape index (κ2) is 4.81. The highest BCUT2D eigenvalue weighted by Crippen LogP contribution is 2.17. The van der Waals surface area contributed by atoms with Crippen LogP contribution in [-0.2, 0) is 4.79 Å². The molecule has 0 aliphatic rings. The molecule has 0 saturated heterocycles. The number of hydrogen-bond donors (Lipinski definition) is 1. The van der Waals surface area contributed by atoms with Gasteiger partial charge >= 0.3 is 5.97 Å². The lowest BCUT2D eigenvalue weighted by Crippen LogP contribution is -2.24. The van der Waals surface area contributed by atoms with Crippen molar-refractivity contribution in [2.24, 2.45) is 0 Å². The Morgan fingerprint density at radius 1 is 1.50 bits per heavy atom. The van der Waals surface area contributed by atoms with E-state index >= 15 is 0 Å². The fourth-order valence-electron chi connectivity index (χ4n) is 0.859. The average molecular weight is 257 g/mol. The lowest BCUT2D eigenvalue weighted by Gasteiger charge is -2.10. The summed E-state index contributed by atoms with van der Waals surface area (Å²) >= 11 is 3.27. The summed E-state index contributed by atoms with van der Waals surface area (Å²) in [4.78, 5) is 10.6. The maximum atomic E-state index is 10.6. The van der Waals surface area contributed by atoms with Crippen molar-refractivity contribution in [3.8, 4) is 5.75 Å². The SMILES string of the molecule is C=CC(Oc1ccc(Br)cc1)C(=O)O. The average Bonchev–Trinajstić information content (AvgIpc) is 2.16. The molecule has 4 heteroatoms. The quantitative estimate of drug-likeness (QED) is 0.843. The van der Waals surface area contributed by atoms with Crippen LogP contribution in [0.15, 0.2) is 41.4 Å². The van der Waals surface area contributed by atoms with Gasteiger partial charge in [0.05, 0.1) is 0 Å². The molecule has 0 aliphatic carbocycles. The number of ether oxygens (including phenoxy) is 1. The molecule has 1 aromatic carbocycles. The molecule has 1 rings (SSSR count). The van der Waals surface area contributed by atoms with E-state index in [1.54, 1.807) is 24.3 Å². The molecule has 0 heterocycles. The highest BCUT2D eigenvalue weighted by Gasteiger charge is 2.14. The van der Waals surface area contributed by atoms with Gasteiger partial charge < -0.3 is 9.84 Å². The zero-order valence-corrected chi connectivity index (χ0v) is 8.90. The van der Waals surface area contributed by atoms with Gasteiger partial charge in [-0.25, -0.2) is 4.79 Å². The van der Waals surface area contributed by atoms with Crippen LogP contribution in [0.4, 0.5) is 0 Å². The Morgan fingerprint density at radius 3 is 2.50 bits per heavy atom. The molecule has 0 amide bonds. The second-order valence-electron chi connectivity index (χ2n) is 2.57. The minimum atomic E-state index is -1.05. The van der Waals surface area contributed by atoms with Crippen LogP contribution in [0.2, 0.25) is 0 Å². The Morgan fingerprint density at radius 2 is 2.07 bits per heavy atom. The number of aliphatic carboxylic acids is 1. The van der Waals surface area contributed by atoms with Crippen LogP contribution >= 0.6 is 15.9 Å². The lowest BCUT2D eigenvalue weighted by molar-refractivity contribution is -0.142. The van der Waals surface area contributed by atoms with Crippen molar-refractivity contribution < 1.29 is 14.6 Å². The summed E-state index contributed by atoms with van der Waals surface area (Å²) in [6.07, 6.45) is 0.237. The van der Waals surface area contributed by atoms with Crippen LogP contribution in [0, 0.1) is 0 Å². The fourth-order valence-corrected chi connectivity index (χ4v) is 1.12. The molecule has 1 aromatic rings. The predicted octanol–water partition coefficient (Wildman–Crippen LogP) is 2.47. The van der Waals surface area contributed by atoms with Crippen molar-refractivity contribution in [3.05, 3.63) is 41.4 Å². The first kappa shape index (κ1) is 10.8. The fraction of sp³-hybridized carbons (Fsp3) is 0.100. The number of carboxylic acids is 1. The minimum absolute atomic E-state index is 0.500. The molecule has 1 N–H and O–H groups in total. The van der Waals surface area contributed by atoms with Crippen LogP contribution in [0.25, 0.3) is 0 Å². The summed E-state index contributed by atoms with van der Waals surface area (Å²) in [6.45, 7) is 3.38. The Kier molecular flexibility index (Phi) is 3.71. The smallest absolute Gasteiger partial charge is 0.349 e. The van der Waals surface area contributed by atoms with Crippen molar-refractivity contribution in [1.82, 2.24) is 0 Å². The third kappa shape index (κ3) is 2.88. The number of halogens is 1. The summed E-state index contributed by atoms with van der Waals surface area (Å²) in [7, 11) is 0. The first-order chi connectivity index (χ1) is 6.63. The molecule has 0 saturated carbocycles. The molecule has 0 radical (unpaired) electrons. The third-order valence-electron chi connectivity index (χ3n) is 1.53. The molecule has 74 valence electrons. The maximum Gasteiger partial charge on any atom is 0.349 e. The Balaban J connectivity index is 2.72. The summed E-state index contributed by atoms with van der Waals surface area (Å²) in [5.74, 6) is -0.552. The van der Waals surface area contributed by atoms with E-state index in [1.807, 2.05) is 0 Å². The molecule has 1 unspecified atom stereocenters. The predicted molar refractivity (Wildman–Crippen MR) is 56.4 cm³/mol. The summed E-state index contributed by atoms with van der Waals surface area (Å²) in [5, 5.41) is 8.68. The second-order valence-corrected chi connectivity index (χ2v) is 3.48. The highest BCUT2D eigenvalue weighted by atomic mass is 79.9. The topological polar surface area (TPSA) is 46.5 Å². The Bertz CT molecular complexity index is 332. The first-order valence-corrected chi connectivity index (χ1v) is 4.70. The molecule has 3 nitrogen and oxygen atoms in total. The van der Waals surface area contributed by atoms with Crippen LogP contribution in [0.3, 0.4) is 0 Å². The van der Waals surface area contributed by atoms with Gasteiger partial charge in [-0.3, -0.25) is 0 Å². The van der Waals surface area contributed by atoms with Gasteiger partial charge in [0.15, 0.2) is 0 Å². The van der Waals surface area contributed by atoms with Gasteiger partial charge in [0.2, 0.25) is 6.10 Å². The highest BCUT2D eigenvalue weighted by molar-refractivity contribution is 9.10. The number of rotatable bonds is 4. The van der Waals surface area contributed by atoms with Crippen LogP contribution in [0.1, 0.15) is 0 Å². The van der Waals surface area contributed by atoms with Crippen LogP contribution in [0.5, 0.6) is 5.75 Å². The van der Waals surface area contributed by atoms with E-state index in [1.165, 1.54) is 6.08 Å². The van der Waals surface area contributed by atoms with Gasteiger partial charge in [-0.2, -0.15) is 0 Å². The summed E-state index contributed by atoms with van der Waals surface area (Å²) < 4.78 is 6.05. The van der Waals surface area contributed by atoms with Gasteiger partial charge in [0.25, 0.3) is 0 Å². The molecular weight excluding hydrogens is 248 g/mol. The van der Waals surface area contributed by atoms with E-state index in [2.05, 4.69) is 22.5 Å². The maximum absolute atomic E-state index is 10.6. The summed E-state index contributed by atoms with van der Waals surface area (Å²) in [5.41, 5.74) is 0. The molecule has 1 atom stereocenters. The molecular formula is C10H9BrO3. The molecule has 0 bridgehead atoms. The van der Waals surface area contributed by atoms with E-state index in [0.29, 0.717) is 5.75 Å². The molecule has 0 aliphatic heterocycles. The van der Waals surface area contributed by atoms with E-state index in [-0.39, 0.29) is 0 Å². The number of carboxylic acid groups (broad SMARTS) is 1. The van der Waals surface area contributed by atoms with Crippen LogP contribution in [-0.4, -0.2) is 17.2 Å². The standard InChI is InChI=1S/C10H9BrO3/c1-2-9(10(12)13)14-8-5-3-7(11)4-6-8/h2-6,9H,1H2,(H,12,13). The van der Waals surface area contributed by atoms with Crippen molar-refractivity contribution in [3.63, 3.8) is 0 Å². The van der Waals surface area contributed by atoms with Gasteiger partial charge in [-0.05, 0) is 30.3 Å². The van der Waals surface area contributed by atoms with Gasteiger partial charge in [-0.1, -0.05) is 22.5 Å². The molecule has 14 heavy (non-hydrogen) atoms. The number of benzene rings is 1. The van der Waals surface area contributed by atoms with Gasteiger partial charge in [0, 0.05) is 4.47 Å². The molecule has 0 spiro atoms. The van der Waals surface area contributed by atoms with E-state index in [0.717, 1.165) is 4.47 Å². The molecule has 0 aromatic heterocycles. The number of hydrogen-bond acceptors (Lipinski definition) is 2. The van der Waals surface area contributed by atoms with Gasteiger partial charge in [-0.15, -0.1) is 0 Å². The van der Waals surface area contributed by atoms with Crippen molar-refractivity contribution in [1.29, 1.82) is 0 Å². The zero-order valence-electron chi connectivity index (χ0n) is 7.31. The Labute approximate surface area is 90.1 Å². The van der Waals surface area contributed by atoms with Crippen molar-refractivity contribution in [2.75, 3.05) is 0 Å². The lowest BCUT2D eigenvalue weighted by atomic mass is 10.3. The van der Waals surface area contributed by atoms with Gasteiger partial charge in [0.1, 0.15) is 5.75 Å². The normalized spacial score (nSPS) is 11.8.